The number of esters is 1. The summed E-state index contributed by atoms with van der Waals surface area (Å²) in [5.41, 5.74) is 0.344. The lowest BCUT2D eigenvalue weighted by molar-refractivity contribution is -0.155. The molecule has 0 N–H and O–H groups in total. The smallest absolute Gasteiger partial charge is 0.302 e. The summed E-state index contributed by atoms with van der Waals surface area (Å²) in [5.74, 6) is 2.47. The van der Waals surface area contributed by atoms with Crippen molar-refractivity contribution >= 4 is 27.7 Å². The largest absolute Gasteiger partial charge is 0.463 e. The van der Waals surface area contributed by atoms with Gasteiger partial charge in [0.2, 0.25) is 0 Å². The molecule has 9 unspecified atom stereocenters. The van der Waals surface area contributed by atoms with Crippen molar-refractivity contribution < 1.29 is 19.1 Å². The Morgan fingerprint density at radius 1 is 1.07 bits per heavy atom. The van der Waals surface area contributed by atoms with Crippen LogP contribution in [0, 0.1) is 34.5 Å². The third kappa shape index (κ3) is 2.38. The Kier molecular flexibility index (Phi) is 4.39. The van der Waals surface area contributed by atoms with Crippen molar-refractivity contribution in [2.24, 2.45) is 34.5 Å². The van der Waals surface area contributed by atoms with Crippen LogP contribution in [0.5, 0.6) is 0 Å². The zero-order valence-electron chi connectivity index (χ0n) is 17.3. The van der Waals surface area contributed by atoms with Gasteiger partial charge in [-0.2, -0.15) is 0 Å². The van der Waals surface area contributed by atoms with Gasteiger partial charge in [0.25, 0.3) is 0 Å². The Hall–Kier alpha value is -0.420. The van der Waals surface area contributed by atoms with Crippen molar-refractivity contribution in [2.75, 3.05) is 6.61 Å². The Balaban J connectivity index is 1.46. The third-order valence-electron chi connectivity index (χ3n) is 9.77. The monoisotopic (exact) mass is 452 g/mol. The molecule has 0 amide bonds. The minimum atomic E-state index is -0.173. The molecule has 0 aromatic rings. The highest BCUT2D eigenvalue weighted by Crippen LogP contribution is 2.72. The normalized spacial score (nSPS) is 54.4. The molecule has 1 saturated heterocycles. The number of hydrogen-bond acceptors (Lipinski definition) is 4. The summed E-state index contributed by atoms with van der Waals surface area (Å²) in [7, 11) is 0. The topological polar surface area (TPSA) is 52.6 Å². The van der Waals surface area contributed by atoms with Crippen LogP contribution in [0.2, 0.25) is 0 Å². The summed E-state index contributed by atoms with van der Waals surface area (Å²) in [6.45, 7) is 6.56. The molecule has 0 radical (unpaired) electrons. The van der Waals surface area contributed by atoms with Crippen molar-refractivity contribution in [2.45, 2.75) is 88.7 Å². The van der Waals surface area contributed by atoms with Crippen molar-refractivity contribution in [3.63, 3.8) is 0 Å². The number of alkyl halides is 1. The number of fused-ring (bicyclic) bond motifs is 3. The first-order chi connectivity index (χ1) is 13.2. The second kappa shape index (κ2) is 6.29. The van der Waals surface area contributed by atoms with Gasteiger partial charge >= 0.3 is 5.97 Å². The van der Waals surface area contributed by atoms with E-state index in [0.717, 1.165) is 38.7 Å². The van der Waals surface area contributed by atoms with Crippen LogP contribution >= 0.6 is 15.9 Å². The van der Waals surface area contributed by atoms with Crippen LogP contribution in [0.25, 0.3) is 0 Å². The number of ether oxygens (including phenoxy) is 2. The van der Waals surface area contributed by atoms with Crippen LogP contribution in [0.4, 0.5) is 0 Å². The van der Waals surface area contributed by atoms with E-state index >= 15 is 0 Å². The first kappa shape index (κ1) is 19.5. The second-order valence-electron chi connectivity index (χ2n) is 10.7. The highest BCUT2D eigenvalue weighted by atomic mass is 79.9. The van der Waals surface area contributed by atoms with E-state index < -0.39 is 0 Å². The molecule has 156 valence electrons. The molecule has 9 atom stereocenters. The first-order valence-electron chi connectivity index (χ1n) is 11.2. The van der Waals surface area contributed by atoms with Crippen LogP contribution in [0.3, 0.4) is 0 Å². The quantitative estimate of drug-likeness (QED) is 0.450. The highest BCUT2D eigenvalue weighted by Gasteiger charge is 2.72. The summed E-state index contributed by atoms with van der Waals surface area (Å²) in [4.78, 5) is 23.9. The maximum absolute atomic E-state index is 12.3. The van der Waals surface area contributed by atoms with Crippen molar-refractivity contribution in [3.05, 3.63) is 0 Å². The molecule has 1 heterocycles. The summed E-state index contributed by atoms with van der Waals surface area (Å²) in [6, 6.07) is 0. The number of ketones is 1. The molecule has 2 bridgehead atoms. The highest BCUT2D eigenvalue weighted by molar-refractivity contribution is 9.10. The van der Waals surface area contributed by atoms with E-state index in [1.54, 1.807) is 6.92 Å². The van der Waals surface area contributed by atoms with Gasteiger partial charge in [-0.25, -0.2) is 0 Å². The van der Waals surface area contributed by atoms with E-state index in [2.05, 4.69) is 22.9 Å². The Bertz CT molecular complexity index is 709. The van der Waals surface area contributed by atoms with Crippen LogP contribution in [0.1, 0.15) is 72.1 Å². The van der Waals surface area contributed by atoms with E-state index in [1.165, 1.54) is 26.2 Å². The van der Waals surface area contributed by atoms with Gasteiger partial charge in [0, 0.05) is 24.7 Å². The molecule has 5 heteroatoms. The van der Waals surface area contributed by atoms with Gasteiger partial charge in [0.15, 0.2) is 0 Å². The molecule has 1 aliphatic heterocycles. The third-order valence-corrected chi connectivity index (χ3v) is 11.4. The van der Waals surface area contributed by atoms with Crippen molar-refractivity contribution in [1.82, 2.24) is 0 Å². The van der Waals surface area contributed by atoms with Crippen LogP contribution < -0.4 is 0 Å². The maximum Gasteiger partial charge on any atom is 0.302 e. The summed E-state index contributed by atoms with van der Waals surface area (Å²) < 4.78 is 12.0. The van der Waals surface area contributed by atoms with Crippen molar-refractivity contribution in [3.8, 4) is 0 Å². The molecule has 28 heavy (non-hydrogen) atoms. The minimum absolute atomic E-state index is 0.00757. The molecule has 5 fully saturated rings. The number of rotatable bonds is 2. The molecule has 4 nitrogen and oxygen atoms in total. The molecule has 0 aromatic carbocycles. The summed E-state index contributed by atoms with van der Waals surface area (Å²) in [5, 5.41) is 0. The van der Waals surface area contributed by atoms with E-state index in [9.17, 15) is 9.59 Å². The Morgan fingerprint density at radius 3 is 2.57 bits per heavy atom. The molecule has 5 aliphatic rings. The van der Waals surface area contributed by atoms with Gasteiger partial charge in [-0.15, -0.1) is 0 Å². The van der Waals surface area contributed by atoms with Crippen LogP contribution in [0.15, 0.2) is 0 Å². The lowest BCUT2D eigenvalue weighted by Gasteiger charge is -2.62. The molecular weight excluding hydrogens is 420 g/mol. The van der Waals surface area contributed by atoms with E-state index in [4.69, 9.17) is 9.47 Å². The first-order valence-corrected chi connectivity index (χ1v) is 12.0. The van der Waals surface area contributed by atoms with Gasteiger partial charge < -0.3 is 9.47 Å². The standard InChI is InChI=1S/C23H33BrO4/c1-13(25)17-4-5-18-16-10-20-23(24)11-15(28-14(2)26)6-9-22(23,12-27-20)19(16)7-8-21(17,18)3/h15-20H,4-12H2,1-3H3. The molecule has 0 spiro atoms. The fourth-order valence-electron chi connectivity index (χ4n) is 8.70. The minimum Gasteiger partial charge on any atom is -0.463 e. The number of carbonyl (C=O) groups excluding carboxylic acids is 2. The number of Topliss-reactive ketones (excluding diaryl/α,β-unsaturated/α-hetero) is 1. The van der Waals surface area contributed by atoms with E-state index in [0.29, 0.717) is 23.5 Å². The second-order valence-corrected chi connectivity index (χ2v) is 12.1. The predicted molar refractivity (Wildman–Crippen MR) is 109 cm³/mol. The lowest BCUT2D eigenvalue weighted by Crippen LogP contribution is -2.63. The van der Waals surface area contributed by atoms with E-state index in [1.807, 2.05) is 0 Å². The Labute approximate surface area is 176 Å². The van der Waals surface area contributed by atoms with Gasteiger partial charge in [0.1, 0.15) is 11.9 Å². The SMILES string of the molecule is CC(=O)OC1CCC23COC(CC4C5CCC(C(C)=O)C5(C)CCC42)C3(Br)C1. The lowest BCUT2D eigenvalue weighted by atomic mass is 9.44. The Morgan fingerprint density at radius 2 is 1.86 bits per heavy atom. The van der Waals surface area contributed by atoms with Crippen molar-refractivity contribution in [1.29, 1.82) is 0 Å². The zero-order valence-corrected chi connectivity index (χ0v) is 18.9. The van der Waals surface area contributed by atoms with Crippen LogP contribution in [-0.2, 0) is 19.1 Å². The van der Waals surface area contributed by atoms with Gasteiger partial charge in [-0.3, -0.25) is 9.59 Å². The average molecular weight is 453 g/mol. The fourth-order valence-corrected chi connectivity index (χ4v) is 9.98. The predicted octanol–water partition coefficient (Wildman–Crippen LogP) is 4.67. The fraction of sp³-hybridized carbons (Fsp3) is 0.913. The van der Waals surface area contributed by atoms with Gasteiger partial charge in [-0.1, -0.05) is 22.9 Å². The van der Waals surface area contributed by atoms with Crippen LogP contribution in [-0.4, -0.2) is 34.9 Å². The molecule has 0 aromatic heterocycles. The molecular formula is C23H33BrO4. The van der Waals surface area contributed by atoms with Gasteiger partial charge in [-0.05, 0) is 75.0 Å². The average Bonchev–Trinajstić information content (AvgIpc) is 3.04. The number of halogens is 1. The molecule has 5 rings (SSSR count). The van der Waals surface area contributed by atoms with E-state index in [-0.39, 0.29) is 39.2 Å². The van der Waals surface area contributed by atoms with Gasteiger partial charge in [0.05, 0.1) is 17.0 Å². The summed E-state index contributed by atoms with van der Waals surface area (Å²) in [6.07, 6.45) is 8.86. The number of hydrogen-bond donors (Lipinski definition) is 0. The molecule has 4 saturated carbocycles. The summed E-state index contributed by atoms with van der Waals surface area (Å²) >= 11 is 4.20. The molecule has 4 aliphatic carbocycles. The maximum atomic E-state index is 12.3. The zero-order chi connectivity index (χ0) is 19.9. The number of carbonyl (C=O) groups is 2.